The lowest BCUT2D eigenvalue weighted by Gasteiger charge is -1.68. The molecular weight excluding hydrogens is 112 g/mol. The number of carbonyl (C=O) groups is 1. The summed E-state index contributed by atoms with van der Waals surface area (Å²) < 4.78 is 0. The van der Waals surface area contributed by atoms with Gasteiger partial charge in [0.15, 0.2) is 0 Å². The molecule has 2 heteroatoms. The van der Waals surface area contributed by atoms with E-state index < -0.39 is 0 Å². The smallest absolute Gasteiger partial charge is 0.221 e. The van der Waals surface area contributed by atoms with E-state index in [1.807, 2.05) is 13.8 Å². The highest BCUT2D eigenvalue weighted by atomic mass is 35.5. The van der Waals surface area contributed by atoms with Crippen molar-refractivity contribution < 1.29 is 4.79 Å². The topological polar surface area (TPSA) is 17.1 Å². The molecule has 0 heterocycles. The van der Waals surface area contributed by atoms with Crippen LogP contribution in [0.1, 0.15) is 27.2 Å². The Labute approximate surface area is 49.7 Å². The summed E-state index contributed by atoms with van der Waals surface area (Å²) in [6.07, 6.45) is 0.432. The van der Waals surface area contributed by atoms with Crippen LogP contribution in [0.2, 0.25) is 0 Å². The molecule has 0 rings (SSSR count). The van der Waals surface area contributed by atoms with Gasteiger partial charge in [0.2, 0.25) is 5.24 Å². The van der Waals surface area contributed by atoms with E-state index in [-0.39, 0.29) is 5.24 Å². The molecule has 0 amide bonds. The minimum atomic E-state index is -0.273. The van der Waals surface area contributed by atoms with Gasteiger partial charge in [0.25, 0.3) is 0 Å². The summed E-state index contributed by atoms with van der Waals surface area (Å²) in [6, 6.07) is 0. The van der Waals surface area contributed by atoms with Crippen LogP contribution in [-0.4, -0.2) is 5.24 Å². The molecule has 0 aliphatic carbocycles. The second-order valence-corrected chi connectivity index (χ2v) is 1.13. The lowest BCUT2D eigenvalue weighted by Crippen LogP contribution is -1.74. The van der Waals surface area contributed by atoms with Crippen LogP contribution in [0, 0.1) is 0 Å². The van der Waals surface area contributed by atoms with Crippen LogP contribution in [0.25, 0.3) is 0 Å². The van der Waals surface area contributed by atoms with Gasteiger partial charge < -0.3 is 0 Å². The van der Waals surface area contributed by atoms with Crippen molar-refractivity contribution in [3.8, 4) is 0 Å². The quantitative estimate of drug-likeness (QED) is 0.488. The van der Waals surface area contributed by atoms with Gasteiger partial charge in [-0.2, -0.15) is 0 Å². The fourth-order valence-electron chi connectivity index (χ4n) is 0. The van der Waals surface area contributed by atoms with Crippen molar-refractivity contribution in [1.29, 1.82) is 0 Å². The van der Waals surface area contributed by atoms with Crippen LogP contribution in [0.4, 0.5) is 0 Å². The third-order valence-corrected chi connectivity index (χ3v) is 0.545. The van der Waals surface area contributed by atoms with E-state index in [0.29, 0.717) is 6.42 Å². The molecule has 0 aliphatic heterocycles. The molecule has 0 atom stereocenters. The number of hydrogen-bond acceptors (Lipinski definition) is 1. The summed E-state index contributed by atoms with van der Waals surface area (Å²) in [7, 11) is 0. The van der Waals surface area contributed by atoms with Gasteiger partial charge in [-0.1, -0.05) is 20.8 Å². The Kier molecular flexibility index (Phi) is 13.4. The van der Waals surface area contributed by atoms with E-state index >= 15 is 0 Å². The zero-order valence-corrected chi connectivity index (χ0v) is 5.75. The first-order chi connectivity index (χ1) is 3.27. The molecule has 44 valence electrons. The monoisotopic (exact) mass is 122 g/mol. The fraction of sp³-hybridized carbons (Fsp3) is 0.800. The highest BCUT2D eigenvalue weighted by molar-refractivity contribution is 6.63. The molecule has 0 radical (unpaired) electrons. The molecule has 7 heavy (non-hydrogen) atoms. The maximum absolute atomic E-state index is 9.58. The van der Waals surface area contributed by atoms with E-state index in [1.165, 1.54) is 0 Å². The largest absolute Gasteiger partial charge is 0.281 e. The normalized spacial score (nSPS) is 6.29. The van der Waals surface area contributed by atoms with Crippen LogP contribution < -0.4 is 0 Å². The van der Waals surface area contributed by atoms with Gasteiger partial charge in [-0.05, 0) is 11.6 Å². The Balaban J connectivity index is 0. The van der Waals surface area contributed by atoms with Gasteiger partial charge in [-0.3, -0.25) is 4.79 Å². The Morgan fingerprint density at radius 2 is 1.71 bits per heavy atom. The van der Waals surface area contributed by atoms with Crippen LogP contribution in [0.15, 0.2) is 0 Å². The van der Waals surface area contributed by atoms with Crippen molar-refractivity contribution in [3.63, 3.8) is 0 Å². The summed E-state index contributed by atoms with van der Waals surface area (Å²) >= 11 is 4.82. The molecule has 0 aromatic carbocycles. The van der Waals surface area contributed by atoms with Crippen LogP contribution in [-0.2, 0) is 4.79 Å². The highest BCUT2D eigenvalue weighted by Crippen LogP contribution is 1.81. The predicted octanol–water partition coefficient (Wildman–Crippen LogP) is 2.19. The average Bonchev–Trinajstić information content (AvgIpc) is 1.73. The third kappa shape index (κ3) is 24.3. The van der Waals surface area contributed by atoms with Gasteiger partial charge in [0, 0.05) is 6.42 Å². The number of carbonyl (C=O) groups excluding carboxylic acids is 1. The zero-order chi connectivity index (χ0) is 6.28. The standard InChI is InChI=1S/C3H5ClO.C2H6/c1-2-3(4)5;1-2/h2H2,1H3;1-2H3. The highest BCUT2D eigenvalue weighted by Gasteiger charge is 1.81. The minimum absolute atomic E-state index is 0.273. The second kappa shape index (κ2) is 9.35. The average molecular weight is 123 g/mol. The van der Waals surface area contributed by atoms with Gasteiger partial charge in [0.05, 0.1) is 0 Å². The molecule has 0 N–H and O–H groups in total. The Hall–Kier alpha value is -0.0400. The first-order valence-electron chi connectivity index (χ1n) is 2.45. The summed E-state index contributed by atoms with van der Waals surface area (Å²) in [5.41, 5.74) is 0. The van der Waals surface area contributed by atoms with Gasteiger partial charge in [0.1, 0.15) is 0 Å². The van der Waals surface area contributed by atoms with Crippen molar-refractivity contribution in [2.24, 2.45) is 0 Å². The van der Waals surface area contributed by atoms with E-state index in [0.717, 1.165) is 0 Å². The lowest BCUT2D eigenvalue weighted by molar-refractivity contribution is -0.111. The van der Waals surface area contributed by atoms with Gasteiger partial charge >= 0.3 is 0 Å². The van der Waals surface area contributed by atoms with E-state index in [4.69, 9.17) is 11.6 Å². The van der Waals surface area contributed by atoms with Crippen LogP contribution >= 0.6 is 11.6 Å². The predicted molar refractivity (Wildman–Crippen MR) is 32.5 cm³/mol. The summed E-state index contributed by atoms with van der Waals surface area (Å²) in [5, 5.41) is -0.273. The number of rotatable bonds is 1. The van der Waals surface area contributed by atoms with Crippen molar-refractivity contribution in [1.82, 2.24) is 0 Å². The molecule has 0 spiro atoms. The second-order valence-electron chi connectivity index (χ2n) is 0.709. The molecule has 0 fully saturated rings. The van der Waals surface area contributed by atoms with Crippen LogP contribution in [0.3, 0.4) is 0 Å². The number of hydrogen-bond donors (Lipinski definition) is 0. The minimum Gasteiger partial charge on any atom is -0.281 e. The van der Waals surface area contributed by atoms with Crippen molar-refractivity contribution in [2.75, 3.05) is 0 Å². The van der Waals surface area contributed by atoms with E-state index in [9.17, 15) is 4.79 Å². The lowest BCUT2D eigenvalue weighted by atomic mass is 10.6. The molecule has 0 saturated heterocycles. The molecule has 1 nitrogen and oxygen atoms in total. The first-order valence-corrected chi connectivity index (χ1v) is 2.83. The Morgan fingerprint density at radius 3 is 1.71 bits per heavy atom. The zero-order valence-electron chi connectivity index (χ0n) is 4.99. The molecule has 0 unspecified atom stereocenters. The molecular formula is C5H11ClO. The van der Waals surface area contributed by atoms with Gasteiger partial charge in [-0.15, -0.1) is 0 Å². The van der Waals surface area contributed by atoms with Crippen molar-refractivity contribution >= 4 is 16.8 Å². The number of halogens is 1. The van der Waals surface area contributed by atoms with E-state index in [1.54, 1.807) is 6.92 Å². The third-order valence-electron chi connectivity index (χ3n) is 0.278. The molecule has 0 bridgehead atoms. The van der Waals surface area contributed by atoms with Crippen LogP contribution in [0.5, 0.6) is 0 Å². The molecule has 0 aromatic rings. The fourth-order valence-corrected chi connectivity index (χ4v) is 0. The van der Waals surface area contributed by atoms with Crippen molar-refractivity contribution in [3.05, 3.63) is 0 Å². The maximum atomic E-state index is 9.58. The van der Waals surface area contributed by atoms with E-state index in [2.05, 4.69) is 0 Å². The molecule has 0 aromatic heterocycles. The Bertz CT molecular complexity index is 43.3. The first kappa shape index (κ1) is 10.0. The Morgan fingerprint density at radius 1 is 1.57 bits per heavy atom. The molecule has 0 saturated carbocycles. The summed E-state index contributed by atoms with van der Waals surface area (Å²) in [5.74, 6) is 0. The van der Waals surface area contributed by atoms with Crippen molar-refractivity contribution in [2.45, 2.75) is 27.2 Å². The SMILES string of the molecule is CC.CCC(=O)Cl. The van der Waals surface area contributed by atoms with Gasteiger partial charge in [-0.25, -0.2) is 0 Å². The summed E-state index contributed by atoms with van der Waals surface area (Å²) in [4.78, 5) is 9.58. The summed E-state index contributed by atoms with van der Waals surface area (Å²) in [6.45, 7) is 5.72. The maximum Gasteiger partial charge on any atom is 0.221 e. The molecule has 0 aliphatic rings.